The summed E-state index contributed by atoms with van der Waals surface area (Å²) in [5.74, 6) is 1.55. The maximum atomic E-state index is 11.2. The number of carbonyl (C=O) groups excluding carboxylic acids is 1. The van der Waals surface area contributed by atoms with E-state index in [-0.39, 0.29) is 0 Å². The predicted molar refractivity (Wildman–Crippen MR) is 41.8 cm³/mol. The van der Waals surface area contributed by atoms with Crippen molar-refractivity contribution in [3.05, 3.63) is 0 Å². The zero-order valence-corrected chi connectivity index (χ0v) is 6.89. The van der Waals surface area contributed by atoms with E-state index in [0.29, 0.717) is 17.6 Å². The average molecular weight is 140 g/mol. The van der Waals surface area contributed by atoms with Crippen molar-refractivity contribution >= 4 is 5.78 Å². The summed E-state index contributed by atoms with van der Waals surface area (Å²) in [7, 11) is 0. The SMILES string of the molecule is CCC1CCC(C)CC1=O. The fourth-order valence-electron chi connectivity index (χ4n) is 1.69. The summed E-state index contributed by atoms with van der Waals surface area (Å²) in [4.78, 5) is 11.2. The number of hydrogen-bond acceptors (Lipinski definition) is 1. The van der Waals surface area contributed by atoms with Crippen LogP contribution in [0.15, 0.2) is 0 Å². The third kappa shape index (κ3) is 1.59. The van der Waals surface area contributed by atoms with E-state index in [1.54, 1.807) is 0 Å². The van der Waals surface area contributed by atoms with E-state index in [9.17, 15) is 4.79 Å². The van der Waals surface area contributed by atoms with Crippen molar-refractivity contribution < 1.29 is 4.79 Å². The first-order valence-electron chi connectivity index (χ1n) is 4.26. The molecule has 0 aromatic heterocycles. The second-order valence-electron chi connectivity index (χ2n) is 3.46. The molecule has 1 fully saturated rings. The van der Waals surface area contributed by atoms with E-state index in [1.807, 2.05) is 0 Å². The fourth-order valence-corrected chi connectivity index (χ4v) is 1.69. The Morgan fingerprint density at radius 3 is 2.70 bits per heavy atom. The Labute approximate surface area is 62.8 Å². The summed E-state index contributed by atoms with van der Waals surface area (Å²) in [6.45, 7) is 4.28. The second kappa shape index (κ2) is 3.18. The molecule has 1 saturated carbocycles. The van der Waals surface area contributed by atoms with Crippen LogP contribution >= 0.6 is 0 Å². The topological polar surface area (TPSA) is 17.1 Å². The minimum Gasteiger partial charge on any atom is -0.299 e. The lowest BCUT2D eigenvalue weighted by Crippen LogP contribution is -2.22. The molecule has 1 rings (SSSR count). The molecule has 0 bridgehead atoms. The highest BCUT2D eigenvalue weighted by atomic mass is 16.1. The van der Waals surface area contributed by atoms with Crippen LogP contribution in [0, 0.1) is 11.8 Å². The van der Waals surface area contributed by atoms with Crippen molar-refractivity contribution in [2.75, 3.05) is 0 Å². The molecule has 1 heteroatoms. The molecule has 0 aliphatic heterocycles. The molecule has 58 valence electrons. The summed E-state index contributed by atoms with van der Waals surface area (Å²) in [6, 6.07) is 0. The Balaban J connectivity index is 2.43. The maximum absolute atomic E-state index is 11.2. The Bertz CT molecular complexity index is 129. The summed E-state index contributed by atoms with van der Waals surface area (Å²) in [6.07, 6.45) is 4.27. The summed E-state index contributed by atoms with van der Waals surface area (Å²) < 4.78 is 0. The zero-order valence-electron chi connectivity index (χ0n) is 6.89. The van der Waals surface area contributed by atoms with E-state index in [4.69, 9.17) is 0 Å². The zero-order chi connectivity index (χ0) is 7.56. The second-order valence-corrected chi connectivity index (χ2v) is 3.46. The molecule has 1 nitrogen and oxygen atoms in total. The number of ketones is 1. The lowest BCUT2D eigenvalue weighted by atomic mass is 9.81. The maximum Gasteiger partial charge on any atom is 0.136 e. The smallest absolute Gasteiger partial charge is 0.136 e. The first-order chi connectivity index (χ1) is 4.74. The third-order valence-corrected chi connectivity index (χ3v) is 2.51. The quantitative estimate of drug-likeness (QED) is 0.546. The molecule has 0 radical (unpaired) electrons. The first kappa shape index (κ1) is 7.77. The molecule has 1 aliphatic carbocycles. The molecule has 0 aromatic carbocycles. The van der Waals surface area contributed by atoms with Crippen molar-refractivity contribution in [1.29, 1.82) is 0 Å². The summed E-state index contributed by atoms with van der Waals surface area (Å²) in [5.41, 5.74) is 0. The van der Waals surface area contributed by atoms with E-state index in [1.165, 1.54) is 6.42 Å². The van der Waals surface area contributed by atoms with Crippen LogP contribution in [0.4, 0.5) is 0 Å². The Hall–Kier alpha value is -0.330. The van der Waals surface area contributed by atoms with E-state index >= 15 is 0 Å². The normalized spacial score (nSPS) is 34.4. The van der Waals surface area contributed by atoms with E-state index < -0.39 is 0 Å². The molecule has 1 aliphatic rings. The van der Waals surface area contributed by atoms with Crippen LogP contribution in [-0.4, -0.2) is 5.78 Å². The highest BCUT2D eigenvalue weighted by Crippen LogP contribution is 2.26. The number of carbonyl (C=O) groups is 1. The molecule has 2 atom stereocenters. The molecule has 0 spiro atoms. The summed E-state index contributed by atoms with van der Waals surface area (Å²) in [5, 5.41) is 0. The Kier molecular flexibility index (Phi) is 2.47. The van der Waals surface area contributed by atoms with Gasteiger partial charge in [0.05, 0.1) is 0 Å². The molecular weight excluding hydrogens is 124 g/mol. The minimum absolute atomic E-state index is 0.399. The Morgan fingerprint density at radius 1 is 1.50 bits per heavy atom. The van der Waals surface area contributed by atoms with Crippen LogP contribution < -0.4 is 0 Å². The van der Waals surface area contributed by atoms with Gasteiger partial charge in [-0.15, -0.1) is 0 Å². The van der Waals surface area contributed by atoms with Gasteiger partial charge >= 0.3 is 0 Å². The van der Waals surface area contributed by atoms with E-state index in [2.05, 4.69) is 13.8 Å². The average Bonchev–Trinajstić information content (AvgIpc) is 1.88. The van der Waals surface area contributed by atoms with Crippen molar-refractivity contribution in [1.82, 2.24) is 0 Å². The standard InChI is InChI=1S/C9H16O/c1-3-8-5-4-7(2)6-9(8)10/h7-8H,3-6H2,1-2H3. The number of hydrogen-bond donors (Lipinski definition) is 0. The van der Waals surface area contributed by atoms with Crippen molar-refractivity contribution in [2.45, 2.75) is 39.5 Å². The minimum atomic E-state index is 0.399. The predicted octanol–water partition coefficient (Wildman–Crippen LogP) is 2.40. The lowest BCUT2D eigenvalue weighted by Gasteiger charge is -2.23. The molecule has 2 unspecified atom stereocenters. The van der Waals surface area contributed by atoms with Gasteiger partial charge in [0.15, 0.2) is 0 Å². The molecule has 10 heavy (non-hydrogen) atoms. The van der Waals surface area contributed by atoms with Gasteiger partial charge < -0.3 is 0 Å². The van der Waals surface area contributed by atoms with Gasteiger partial charge in [-0.3, -0.25) is 4.79 Å². The van der Waals surface area contributed by atoms with Gasteiger partial charge in [-0.2, -0.15) is 0 Å². The van der Waals surface area contributed by atoms with Gasteiger partial charge in [-0.25, -0.2) is 0 Å². The molecule has 0 aromatic rings. The molecular formula is C9H16O. The molecule has 0 saturated heterocycles. The van der Waals surface area contributed by atoms with Crippen molar-refractivity contribution in [3.63, 3.8) is 0 Å². The van der Waals surface area contributed by atoms with Crippen LogP contribution in [0.1, 0.15) is 39.5 Å². The lowest BCUT2D eigenvalue weighted by molar-refractivity contribution is -0.125. The van der Waals surface area contributed by atoms with Crippen LogP contribution in [0.5, 0.6) is 0 Å². The third-order valence-electron chi connectivity index (χ3n) is 2.51. The molecule has 0 heterocycles. The number of rotatable bonds is 1. The van der Waals surface area contributed by atoms with Crippen LogP contribution in [0.2, 0.25) is 0 Å². The number of Topliss-reactive ketones (excluding diaryl/α,β-unsaturated/α-hetero) is 1. The van der Waals surface area contributed by atoms with E-state index in [0.717, 1.165) is 19.3 Å². The largest absolute Gasteiger partial charge is 0.299 e. The van der Waals surface area contributed by atoms with Crippen molar-refractivity contribution in [3.8, 4) is 0 Å². The molecule has 0 amide bonds. The van der Waals surface area contributed by atoms with Crippen LogP contribution in [0.3, 0.4) is 0 Å². The van der Waals surface area contributed by atoms with Gasteiger partial charge in [0.2, 0.25) is 0 Å². The Morgan fingerprint density at radius 2 is 2.20 bits per heavy atom. The van der Waals surface area contributed by atoms with Gasteiger partial charge in [-0.1, -0.05) is 13.8 Å². The van der Waals surface area contributed by atoms with Gasteiger partial charge in [-0.05, 0) is 25.2 Å². The molecule has 0 N–H and O–H groups in total. The van der Waals surface area contributed by atoms with Gasteiger partial charge in [0.25, 0.3) is 0 Å². The van der Waals surface area contributed by atoms with Crippen molar-refractivity contribution in [2.24, 2.45) is 11.8 Å². The van der Waals surface area contributed by atoms with Crippen LogP contribution in [0.25, 0.3) is 0 Å². The van der Waals surface area contributed by atoms with Gasteiger partial charge in [0, 0.05) is 12.3 Å². The van der Waals surface area contributed by atoms with Gasteiger partial charge in [0.1, 0.15) is 5.78 Å². The highest BCUT2D eigenvalue weighted by Gasteiger charge is 2.24. The fraction of sp³-hybridized carbons (Fsp3) is 0.889. The highest BCUT2D eigenvalue weighted by molar-refractivity contribution is 5.81. The summed E-state index contributed by atoms with van der Waals surface area (Å²) >= 11 is 0. The van der Waals surface area contributed by atoms with Crippen LogP contribution in [-0.2, 0) is 4.79 Å². The monoisotopic (exact) mass is 140 g/mol. The first-order valence-corrected chi connectivity index (χ1v) is 4.26.